The fourth-order valence-corrected chi connectivity index (χ4v) is 2.96. The van der Waals surface area contributed by atoms with Gasteiger partial charge in [-0.25, -0.2) is 0 Å². The molecule has 0 unspecified atom stereocenters. The number of nitrogens with zero attached hydrogens (tertiary/aromatic N) is 2. The van der Waals surface area contributed by atoms with Gasteiger partial charge in [0.25, 0.3) is 0 Å². The van der Waals surface area contributed by atoms with Crippen molar-refractivity contribution in [3.63, 3.8) is 0 Å². The van der Waals surface area contributed by atoms with E-state index < -0.39 is 0 Å². The van der Waals surface area contributed by atoms with Crippen LogP contribution in [0.25, 0.3) is 0 Å². The second-order valence-corrected chi connectivity index (χ2v) is 5.17. The van der Waals surface area contributed by atoms with E-state index in [4.69, 9.17) is 4.74 Å². The van der Waals surface area contributed by atoms with Gasteiger partial charge in [0, 0.05) is 24.4 Å². The zero-order valence-electron chi connectivity index (χ0n) is 10.5. The van der Waals surface area contributed by atoms with E-state index in [1.807, 2.05) is 6.20 Å². The molecule has 0 amide bonds. The molecule has 0 aromatic carbocycles. The van der Waals surface area contributed by atoms with E-state index in [9.17, 15) is 0 Å². The molecular weight excluding hydrogens is 214 g/mol. The maximum absolute atomic E-state index is 5.38. The van der Waals surface area contributed by atoms with Crippen LogP contribution in [-0.2, 0) is 15.7 Å². The van der Waals surface area contributed by atoms with Crippen molar-refractivity contribution in [1.82, 2.24) is 15.3 Å². The first-order chi connectivity index (χ1) is 8.26. The Labute approximate surface area is 102 Å². The van der Waals surface area contributed by atoms with Crippen LogP contribution in [0.15, 0.2) is 12.4 Å². The second-order valence-electron chi connectivity index (χ2n) is 5.17. The van der Waals surface area contributed by atoms with Crippen molar-refractivity contribution in [3.8, 4) is 0 Å². The third-order valence-electron chi connectivity index (χ3n) is 4.47. The fraction of sp³-hybridized carbons (Fsp3) is 0.692. The Balaban J connectivity index is 2.13. The summed E-state index contributed by atoms with van der Waals surface area (Å²) in [5.74, 6) is 0. The quantitative estimate of drug-likeness (QED) is 0.838. The molecule has 2 aliphatic rings. The molecule has 1 saturated heterocycles. The molecule has 17 heavy (non-hydrogen) atoms. The summed E-state index contributed by atoms with van der Waals surface area (Å²) in [5, 5.41) is 3.65. The predicted octanol–water partition coefficient (Wildman–Crippen LogP) is 1.36. The van der Waals surface area contributed by atoms with Crippen LogP contribution in [0.4, 0.5) is 0 Å². The molecule has 1 spiro atoms. The lowest BCUT2D eigenvalue weighted by Crippen LogP contribution is -2.65. The maximum atomic E-state index is 5.38. The molecule has 0 aliphatic carbocycles. The fourth-order valence-electron chi connectivity index (χ4n) is 2.96. The molecule has 2 aliphatic heterocycles. The normalized spacial score (nSPS) is 24.1. The highest BCUT2D eigenvalue weighted by atomic mass is 16.5. The van der Waals surface area contributed by atoms with Crippen LogP contribution in [0.3, 0.4) is 0 Å². The summed E-state index contributed by atoms with van der Waals surface area (Å²) in [6.45, 7) is 6.90. The standard InChI is InChI=1S/C13H19N3O/c1-3-12(4-2)7-16-13(8-17-9-13)11-10(12)14-5-6-15-11/h5-6,16H,3-4,7-9H2,1-2H3. The summed E-state index contributed by atoms with van der Waals surface area (Å²) in [6, 6.07) is 0. The summed E-state index contributed by atoms with van der Waals surface area (Å²) in [4.78, 5) is 9.21. The van der Waals surface area contributed by atoms with E-state index in [1.165, 1.54) is 5.69 Å². The maximum Gasteiger partial charge on any atom is 0.110 e. The number of hydrogen-bond acceptors (Lipinski definition) is 4. The first kappa shape index (κ1) is 11.1. The molecule has 1 fully saturated rings. The molecule has 0 radical (unpaired) electrons. The van der Waals surface area contributed by atoms with E-state index >= 15 is 0 Å². The van der Waals surface area contributed by atoms with Crippen LogP contribution in [0, 0.1) is 0 Å². The SMILES string of the molecule is CCC1(CC)CNC2(COC2)c2nccnc21. The van der Waals surface area contributed by atoms with Crippen molar-refractivity contribution >= 4 is 0 Å². The van der Waals surface area contributed by atoms with Crippen LogP contribution in [0.2, 0.25) is 0 Å². The van der Waals surface area contributed by atoms with E-state index in [0.29, 0.717) is 0 Å². The Morgan fingerprint density at radius 3 is 2.35 bits per heavy atom. The lowest BCUT2D eigenvalue weighted by Gasteiger charge is -2.50. The van der Waals surface area contributed by atoms with Crippen LogP contribution in [-0.4, -0.2) is 29.7 Å². The van der Waals surface area contributed by atoms with Gasteiger partial charge in [-0.15, -0.1) is 0 Å². The van der Waals surface area contributed by atoms with Gasteiger partial charge in [-0.3, -0.25) is 9.97 Å². The molecule has 0 saturated carbocycles. The van der Waals surface area contributed by atoms with Crippen LogP contribution in [0.1, 0.15) is 38.1 Å². The zero-order chi connectivity index (χ0) is 11.9. The Morgan fingerprint density at radius 2 is 1.82 bits per heavy atom. The Morgan fingerprint density at radius 1 is 1.18 bits per heavy atom. The van der Waals surface area contributed by atoms with Gasteiger partial charge < -0.3 is 10.1 Å². The molecule has 1 aromatic heterocycles. The van der Waals surface area contributed by atoms with Crippen LogP contribution < -0.4 is 5.32 Å². The average molecular weight is 233 g/mol. The molecule has 3 rings (SSSR count). The zero-order valence-corrected chi connectivity index (χ0v) is 10.5. The largest absolute Gasteiger partial charge is 0.377 e. The van der Waals surface area contributed by atoms with Crippen molar-refractivity contribution in [1.29, 1.82) is 0 Å². The molecule has 4 nitrogen and oxygen atoms in total. The number of fused-ring (bicyclic) bond motifs is 2. The molecule has 0 atom stereocenters. The van der Waals surface area contributed by atoms with Gasteiger partial charge in [-0.1, -0.05) is 13.8 Å². The number of hydrogen-bond donors (Lipinski definition) is 1. The van der Waals surface area contributed by atoms with E-state index in [1.54, 1.807) is 6.20 Å². The minimum Gasteiger partial charge on any atom is -0.377 e. The third-order valence-corrected chi connectivity index (χ3v) is 4.47. The minimum atomic E-state index is -0.0581. The van der Waals surface area contributed by atoms with Crippen molar-refractivity contribution in [2.75, 3.05) is 19.8 Å². The van der Waals surface area contributed by atoms with Crippen molar-refractivity contribution < 1.29 is 4.74 Å². The topological polar surface area (TPSA) is 47.0 Å². The van der Waals surface area contributed by atoms with E-state index in [-0.39, 0.29) is 11.0 Å². The first-order valence-corrected chi connectivity index (χ1v) is 6.41. The first-order valence-electron chi connectivity index (χ1n) is 6.41. The van der Waals surface area contributed by atoms with E-state index in [0.717, 1.165) is 38.3 Å². The lowest BCUT2D eigenvalue weighted by molar-refractivity contribution is -0.0898. The minimum absolute atomic E-state index is 0.0581. The summed E-state index contributed by atoms with van der Waals surface area (Å²) >= 11 is 0. The van der Waals surface area contributed by atoms with Crippen molar-refractivity contribution in [2.24, 2.45) is 0 Å². The highest BCUT2D eigenvalue weighted by molar-refractivity contribution is 5.34. The second kappa shape index (κ2) is 3.75. The Bertz CT molecular complexity index is 424. The van der Waals surface area contributed by atoms with Crippen molar-refractivity contribution in [3.05, 3.63) is 23.8 Å². The predicted molar refractivity (Wildman–Crippen MR) is 64.8 cm³/mol. The Kier molecular flexibility index (Phi) is 2.45. The van der Waals surface area contributed by atoms with Crippen molar-refractivity contribution in [2.45, 2.75) is 37.6 Å². The van der Waals surface area contributed by atoms with Gasteiger partial charge in [-0.05, 0) is 12.8 Å². The van der Waals surface area contributed by atoms with Crippen LogP contribution >= 0.6 is 0 Å². The highest BCUT2D eigenvalue weighted by Gasteiger charge is 2.51. The molecule has 0 bridgehead atoms. The third kappa shape index (κ3) is 1.37. The molecule has 1 aromatic rings. The number of aromatic nitrogens is 2. The number of rotatable bonds is 2. The average Bonchev–Trinajstić information content (AvgIpc) is 2.35. The van der Waals surface area contributed by atoms with Crippen LogP contribution in [0.5, 0.6) is 0 Å². The number of ether oxygens (including phenoxy) is 1. The summed E-state index contributed by atoms with van der Waals surface area (Å²) < 4.78 is 5.38. The number of nitrogens with one attached hydrogen (secondary N) is 1. The molecule has 4 heteroatoms. The van der Waals surface area contributed by atoms with E-state index in [2.05, 4.69) is 29.1 Å². The smallest absolute Gasteiger partial charge is 0.110 e. The van der Waals surface area contributed by atoms with Gasteiger partial charge in [0.15, 0.2) is 0 Å². The van der Waals surface area contributed by atoms with Gasteiger partial charge in [0.2, 0.25) is 0 Å². The van der Waals surface area contributed by atoms with Gasteiger partial charge in [0.05, 0.1) is 24.6 Å². The monoisotopic (exact) mass is 233 g/mol. The molecule has 3 heterocycles. The summed E-state index contributed by atoms with van der Waals surface area (Å²) in [7, 11) is 0. The highest BCUT2D eigenvalue weighted by Crippen LogP contribution is 2.42. The Hall–Kier alpha value is -1.00. The summed E-state index contributed by atoms with van der Waals surface area (Å²) in [6.07, 6.45) is 5.80. The van der Waals surface area contributed by atoms with Gasteiger partial charge >= 0.3 is 0 Å². The van der Waals surface area contributed by atoms with Gasteiger partial charge in [-0.2, -0.15) is 0 Å². The summed E-state index contributed by atoms with van der Waals surface area (Å²) in [5.41, 5.74) is 2.38. The molecular formula is C13H19N3O. The van der Waals surface area contributed by atoms with Gasteiger partial charge in [0.1, 0.15) is 5.54 Å². The molecule has 92 valence electrons. The lowest BCUT2D eigenvalue weighted by atomic mass is 9.71. The molecule has 1 N–H and O–H groups in total.